The Morgan fingerprint density at radius 1 is 1.10 bits per heavy atom. The number of aromatic amines is 1. The molecule has 31 heavy (non-hydrogen) atoms. The summed E-state index contributed by atoms with van der Waals surface area (Å²) in [6.45, 7) is 3.19. The molecule has 1 N–H and O–H groups in total. The molecule has 1 unspecified atom stereocenters. The zero-order chi connectivity index (χ0) is 21.4. The van der Waals surface area contributed by atoms with Crippen molar-refractivity contribution in [2.45, 2.75) is 19.4 Å². The third-order valence-electron chi connectivity index (χ3n) is 5.85. The fraction of sp³-hybridized carbons (Fsp3) is 0.192. The SMILES string of the molecule is CCOc1cccc(C2c3[nH]c4ccccc4c3CCN2C(=O)c2cccc(Cl)c2)c1. The van der Waals surface area contributed by atoms with Crippen molar-refractivity contribution in [1.82, 2.24) is 9.88 Å². The highest BCUT2D eigenvalue weighted by molar-refractivity contribution is 6.31. The largest absolute Gasteiger partial charge is 0.494 e. The van der Waals surface area contributed by atoms with E-state index in [2.05, 4.69) is 29.2 Å². The molecule has 1 aliphatic heterocycles. The number of aromatic nitrogens is 1. The third kappa shape index (κ3) is 3.57. The summed E-state index contributed by atoms with van der Waals surface area (Å²) < 4.78 is 5.75. The van der Waals surface area contributed by atoms with Crippen molar-refractivity contribution in [2.24, 2.45) is 0 Å². The average Bonchev–Trinajstić information content (AvgIpc) is 3.17. The van der Waals surface area contributed by atoms with Gasteiger partial charge in [-0.05, 0) is 60.9 Å². The van der Waals surface area contributed by atoms with Gasteiger partial charge in [-0.3, -0.25) is 4.79 Å². The number of hydrogen-bond donors (Lipinski definition) is 1. The van der Waals surface area contributed by atoms with Crippen LogP contribution in [-0.2, 0) is 6.42 Å². The first-order valence-corrected chi connectivity index (χ1v) is 10.9. The number of H-pyrrole nitrogens is 1. The number of rotatable bonds is 4. The molecule has 0 aliphatic carbocycles. The van der Waals surface area contributed by atoms with Gasteiger partial charge in [-0.2, -0.15) is 0 Å². The van der Waals surface area contributed by atoms with Crippen molar-refractivity contribution in [1.29, 1.82) is 0 Å². The fourth-order valence-corrected chi connectivity index (χ4v) is 4.72. The van der Waals surface area contributed by atoms with E-state index in [1.54, 1.807) is 12.1 Å². The molecule has 1 amide bonds. The Morgan fingerprint density at radius 2 is 1.94 bits per heavy atom. The van der Waals surface area contributed by atoms with E-state index in [0.717, 1.165) is 28.9 Å². The molecule has 3 aromatic carbocycles. The highest BCUT2D eigenvalue weighted by Gasteiger charge is 2.35. The number of nitrogens with one attached hydrogen (secondary N) is 1. The van der Waals surface area contributed by atoms with Gasteiger partial charge in [0.05, 0.1) is 12.6 Å². The molecular formula is C26H23ClN2O2. The van der Waals surface area contributed by atoms with E-state index in [4.69, 9.17) is 16.3 Å². The molecule has 5 rings (SSSR count). The molecule has 4 aromatic rings. The van der Waals surface area contributed by atoms with E-state index in [-0.39, 0.29) is 11.9 Å². The Balaban J connectivity index is 1.66. The second kappa shape index (κ2) is 8.12. The Hall–Kier alpha value is -3.24. The van der Waals surface area contributed by atoms with E-state index < -0.39 is 0 Å². The van der Waals surface area contributed by atoms with Crippen LogP contribution < -0.4 is 4.74 Å². The number of halogens is 1. The lowest BCUT2D eigenvalue weighted by Crippen LogP contribution is -2.40. The number of para-hydroxylation sites is 1. The quantitative estimate of drug-likeness (QED) is 0.431. The van der Waals surface area contributed by atoms with Crippen LogP contribution in [0.5, 0.6) is 5.75 Å². The van der Waals surface area contributed by atoms with Gasteiger partial charge < -0.3 is 14.6 Å². The molecule has 1 aromatic heterocycles. The lowest BCUT2D eigenvalue weighted by Gasteiger charge is -2.36. The average molecular weight is 431 g/mol. The minimum Gasteiger partial charge on any atom is -0.494 e. The molecule has 4 nitrogen and oxygen atoms in total. The number of carbonyl (C=O) groups excluding carboxylic acids is 1. The first kappa shape index (κ1) is 19.7. The lowest BCUT2D eigenvalue weighted by molar-refractivity contribution is 0.0691. The number of benzene rings is 3. The number of fused-ring (bicyclic) bond motifs is 3. The molecule has 1 aliphatic rings. The topological polar surface area (TPSA) is 45.3 Å². The van der Waals surface area contributed by atoms with Crippen molar-refractivity contribution in [3.8, 4) is 5.75 Å². The monoisotopic (exact) mass is 430 g/mol. The van der Waals surface area contributed by atoms with Gasteiger partial charge in [-0.15, -0.1) is 0 Å². The first-order chi connectivity index (χ1) is 15.2. The van der Waals surface area contributed by atoms with Crippen molar-refractivity contribution in [3.05, 3.63) is 100 Å². The molecule has 0 fully saturated rings. The Morgan fingerprint density at radius 3 is 2.77 bits per heavy atom. The summed E-state index contributed by atoms with van der Waals surface area (Å²) in [6, 6.07) is 23.3. The number of amides is 1. The normalized spacial score (nSPS) is 15.7. The molecule has 2 heterocycles. The number of nitrogens with zero attached hydrogens (tertiary/aromatic N) is 1. The molecule has 156 valence electrons. The summed E-state index contributed by atoms with van der Waals surface area (Å²) in [5, 5.41) is 1.78. The number of ether oxygens (including phenoxy) is 1. The second-order valence-electron chi connectivity index (χ2n) is 7.73. The van der Waals surface area contributed by atoms with Gasteiger partial charge in [0.25, 0.3) is 5.91 Å². The van der Waals surface area contributed by atoms with Crippen LogP contribution in [0.4, 0.5) is 0 Å². The van der Waals surface area contributed by atoms with Gasteiger partial charge in [0.2, 0.25) is 0 Å². The fourth-order valence-electron chi connectivity index (χ4n) is 4.53. The Kier molecular flexibility index (Phi) is 5.16. The van der Waals surface area contributed by atoms with Crippen LogP contribution in [0, 0.1) is 0 Å². The standard InChI is InChI=1S/C26H23ClN2O2/c1-2-31-20-10-6-7-17(16-20)25-24-22(21-11-3-4-12-23(21)28-24)13-14-29(25)26(30)18-8-5-9-19(27)15-18/h3-12,15-16,25,28H,2,13-14H2,1H3. The summed E-state index contributed by atoms with van der Waals surface area (Å²) in [5.74, 6) is 0.775. The molecule has 0 saturated heterocycles. The molecular weight excluding hydrogens is 408 g/mol. The first-order valence-electron chi connectivity index (χ1n) is 10.5. The molecule has 0 bridgehead atoms. The zero-order valence-electron chi connectivity index (χ0n) is 17.3. The van der Waals surface area contributed by atoms with E-state index in [1.807, 2.05) is 48.2 Å². The van der Waals surface area contributed by atoms with Crippen LogP contribution in [0.15, 0.2) is 72.8 Å². The van der Waals surface area contributed by atoms with Gasteiger partial charge in [-0.25, -0.2) is 0 Å². The third-order valence-corrected chi connectivity index (χ3v) is 6.09. The van der Waals surface area contributed by atoms with Crippen molar-refractivity contribution in [3.63, 3.8) is 0 Å². The van der Waals surface area contributed by atoms with Crippen molar-refractivity contribution < 1.29 is 9.53 Å². The van der Waals surface area contributed by atoms with Crippen LogP contribution >= 0.6 is 11.6 Å². The summed E-state index contributed by atoms with van der Waals surface area (Å²) in [4.78, 5) is 19.1. The maximum atomic E-state index is 13.6. The molecule has 0 saturated carbocycles. The summed E-state index contributed by atoms with van der Waals surface area (Å²) in [7, 11) is 0. The predicted octanol–water partition coefficient (Wildman–Crippen LogP) is 6.01. The maximum Gasteiger partial charge on any atom is 0.254 e. The van der Waals surface area contributed by atoms with E-state index in [1.165, 1.54) is 10.9 Å². The summed E-state index contributed by atoms with van der Waals surface area (Å²) >= 11 is 6.18. The number of hydrogen-bond acceptors (Lipinski definition) is 2. The van der Waals surface area contributed by atoms with Crippen LogP contribution in [0.3, 0.4) is 0 Å². The minimum atomic E-state index is -0.233. The predicted molar refractivity (Wildman–Crippen MR) is 124 cm³/mol. The highest BCUT2D eigenvalue weighted by Crippen LogP contribution is 2.40. The van der Waals surface area contributed by atoms with Gasteiger partial charge >= 0.3 is 0 Å². The van der Waals surface area contributed by atoms with Gasteiger partial charge in [0, 0.05) is 33.7 Å². The Bertz CT molecular complexity index is 1260. The zero-order valence-corrected chi connectivity index (χ0v) is 18.0. The number of carbonyl (C=O) groups is 1. The smallest absolute Gasteiger partial charge is 0.254 e. The molecule has 0 spiro atoms. The molecule has 5 heteroatoms. The van der Waals surface area contributed by atoms with E-state index >= 15 is 0 Å². The molecule has 1 atom stereocenters. The van der Waals surface area contributed by atoms with Gasteiger partial charge in [-0.1, -0.05) is 48.0 Å². The van der Waals surface area contributed by atoms with Gasteiger partial charge in [0.15, 0.2) is 0 Å². The lowest BCUT2D eigenvalue weighted by atomic mass is 9.91. The van der Waals surface area contributed by atoms with Crippen molar-refractivity contribution in [2.75, 3.05) is 13.2 Å². The summed E-state index contributed by atoms with van der Waals surface area (Å²) in [5.41, 5.74) is 5.05. The van der Waals surface area contributed by atoms with Crippen LogP contribution in [0.2, 0.25) is 5.02 Å². The van der Waals surface area contributed by atoms with E-state index in [9.17, 15) is 4.79 Å². The van der Waals surface area contributed by atoms with Crippen molar-refractivity contribution >= 4 is 28.4 Å². The minimum absolute atomic E-state index is 0.0291. The maximum absolute atomic E-state index is 13.6. The second-order valence-corrected chi connectivity index (χ2v) is 8.17. The van der Waals surface area contributed by atoms with E-state index in [0.29, 0.717) is 23.7 Å². The molecule has 0 radical (unpaired) electrons. The van der Waals surface area contributed by atoms with Crippen LogP contribution in [-0.4, -0.2) is 28.9 Å². The van der Waals surface area contributed by atoms with Gasteiger partial charge in [0.1, 0.15) is 5.75 Å². The Labute approximate surface area is 186 Å². The van der Waals surface area contributed by atoms with Crippen LogP contribution in [0.25, 0.3) is 10.9 Å². The summed E-state index contributed by atoms with van der Waals surface area (Å²) in [6.07, 6.45) is 0.799. The highest BCUT2D eigenvalue weighted by atomic mass is 35.5. The van der Waals surface area contributed by atoms with Crippen LogP contribution in [0.1, 0.15) is 40.1 Å².